The fourth-order valence-electron chi connectivity index (χ4n) is 11.3. The van der Waals surface area contributed by atoms with E-state index in [0.717, 1.165) is 57.8 Å². The van der Waals surface area contributed by atoms with E-state index in [9.17, 15) is 14.4 Å². The third-order valence-corrected chi connectivity index (χ3v) is 14.8. The highest BCUT2D eigenvalue weighted by molar-refractivity contribution is 5.81. The number of rotatable bonds is 22. The van der Waals surface area contributed by atoms with Crippen LogP contribution in [0.2, 0.25) is 0 Å². The summed E-state index contributed by atoms with van der Waals surface area (Å²) in [5.41, 5.74) is 14.7. The minimum atomic E-state index is -0.156. The highest BCUT2D eigenvalue weighted by Crippen LogP contribution is 2.47. The van der Waals surface area contributed by atoms with Crippen molar-refractivity contribution in [1.82, 2.24) is 0 Å². The smallest absolute Gasteiger partial charge is 0.305 e. The van der Waals surface area contributed by atoms with Gasteiger partial charge in [-0.1, -0.05) is 172 Å². The van der Waals surface area contributed by atoms with Crippen LogP contribution in [-0.4, -0.2) is 37.7 Å². The van der Waals surface area contributed by atoms with Gasteiger partial charge in [-0.05, 0) is 123 Å². The van der Waals surface area contributed by atoms with Gasteiger partial charge in [-0.25, -0.2) is 0 Å². The molecular formula is C61H66O6. The van der Waals surface area contributed by atoms with Crippen LogP contribution in [-0.2, 0) is 28.6 Å². The summed E-state index contributed by atoms with van der Waals surface area (Å²) in [6, 6.07) is 50.5. The van der Waals surface area contributed by atoms with Gasteiger partial charge in [0, 0.05) is 38.4 Å². The van der Waals surface area contributed by atoms with Gasteiger partial charge in [-0.15, -0.1) is 0 Å². The van der Waals surface area contributed by atoms with Crippen molar-refractivity contribution >= 4 is 17.9 Å². The first-order chi connectivity index (χ1) is 32.7. The summed E-state index contributed by atoms with van der Waals surface area (Å²) in [7, 11) is 0. The van der Waals surface area contributed by atoms with E-state index in [4.69, 9.17) is 14.2 Å². The highest BCUT2D eigenvalue weighted by atomic mass is 16.5. The van der Waals surface area contributed by atoms with Gasteiger partial charge in [0.05, 0.1) is 0 Å². The van der Waals surface area contributed by atoms with Crippen LogP contribution in [0, 0.1) is 11.3 Å². The Kier molecular flexibility index (Phi) is 14.5. The predicted octanol–water partition coefficient (Wildman–Crippen LogP) is 14.6. The SMILES string of the molecule is CC(C)(CCCC(=O)OCC1c2ccccc2-c2ccccc21)CCCC(CCCC(=O)OCC1c2ccccc2-c2ccccc21)CCCC(=O)OCC1c2ccccc2-c2ccccc21.[HH]. The number of esters is 3. The average molecular weight is 895 g/mol. The van der Waals surface area contributed by atoms with E-state index in [1.807, 2.05) is 0 Å². The molecule has 0 aromatic heterocycles. The normalized spacial score (nSPS) is 13.7. The summed E-state index contributed by atoms with van der Waals surface area (Å²) in [5.74, 6) is 0.0885. The highest BCUT2D eigenvalue weighted by Gasteiger charge is 2.32. The Morgan fingerprint density at radius 2 is 0.657 bits per heavy atom. The van der Waals surface area contributed by atoms with Gasteiger partial charge in [0.15, 0.2) is 0 Å². The third kappa shape index (κ3) is 10.6. The summed E-state index contributed by atoms with van der Waals surface area (Å²) >= 11 is 0. The Labute approximate surface area is 398 Å². The van der Waals surface area contributed by atoms with Crippen LogP contribution in [0.5, 0.6) is 0 Å². The van der Waals surface area contributed by atoms with Crippen LogP contribution in [0.4, 0.5) is 0 Å². The van der Waals surface area contributed by atoms with Crippen LogP contribution < -0.4 is 0 Å². The van der Waals surface area contributed by atoms with Crippen molar-refractivity contribution in [2.24, 2.45) is 11.3 Å². The van der Waals surface area contributed by atoms with E-state index in [0.29, 0.717) is 45.0 Å². The molecule has 346 valence electrons. The fourth-order valence-corrected chi connectivity index (χ4v) is 11.3. The van der Waals surface area contributed by atoms with Gasteiger partial charge in [0.25, 0.3) is 0 Å². The van der Waals surface area contributed by atoms with Crippen molar-refractivity contribution in [3.05, 3.63) is 179 Å². The summed E-state index contributed by atoms with van der Waals surface area (Å²) in [5, 5.41) is 0. The summed E-state index contributed by atoms with van der Waals surface area (Å²) in [6.07, 6.45) is 9.27. The van der Waals surface area contributed by atoms with E-state index < -0.39 is 0 Å². The number of fused-ring (bicyclic) bond motifs is 9. The molecule has 3 aliphatic rings. The molecule has 0 N–H and O–H groups in total. The number of ether oxygens (including phenoxy) is 3. The average Bonchev–Trinajstić information content (AvgIpc) is 3.97. The lowest BCUT2D eigenvalue weighted by Crippen LogP contribution is -2.16. The van der Waals surface area contributed by atoms with Gasteiger partial charge in [0.1, 0.15) is 19.8 Å². The van der Waals surface area contributed by atoms with Crippen molar-refractivity contribution in [1.29, 1.82) is 0 Å². The van der Waals surface area contributed by atoms with Crippen molar-refractivity contribution in [2.75, 3.05) is 19.8 Å². The Hall–Kier alpha value is -6.27. The molecule has 0 unspecified atom stereocenters. The van der Waals surface area contributed by atoms with Crippen LogP contribution in [0.15, 0.2) is 146 Å². The van der Waals surface area contributed by atoms with E-state index in [1.165, 1.54) is 66.8 Å². The molecule has 67 heavy (non-hydrogen) atoms. The molecule has 0 saturated carbocycles. The zero-order valence-electron chi connectivity index (χ0n) is 39.2. The zero-order chi connectivity index (χ0) is 46.2. The summed E-state index contributed by atoms with van der Waals surface area (Å²) < 4.78 is 17.8. The standard InChI is InChI=1S/C61H64O6.H2/c1-61(2,38-18-36-60(64)67-41-57-53-32-13-7-26-47(53)48-27-8-14-33-54(48)57)37-17-21-42(19-15-34-58(62)65-39-55-49-28-9-3-22-43(49)44-23-4-10-29-50(44)55)20-16-35-59(63)66-40-56-51-30-11-5-24-45(51)46-25-6-12-31-52(46)56;/h3-14,22-33,42,55-57H,15-21,34-41H2,1-2H3;1H. The number of hydrogen-bond acceptors (Lipinski definition) is 6. The summed E-state index contributed by atoms with van der Waals surface area (Å²) in [4.78, 5) is 39.5. The zero-order valence-corrected chi connectivity index (χ0v) is 39.2. The monoisotopic (exact) mass is 894 g/mol. The van der Waals surface area contributed by atoms with Crippen LogP contribution in [0.25, 0.3) is 33.4 Å². The first kappa shape index (κ1) is 45.9. The van der Waals surface area contributed by atoms with E-state index in [1.54, 1.807) is 0 Å². The van der Waals surface area contributed by atoms with E-state index in [2.05, 4.69) is 159 Å². The van der Waals surface area contributed by atoms with Gasteiger partial charge in [-0.3, -0.25) is 14.4 Å². The molecule has 0 fully saturated rings. The Morgan fingerprint density at radius 3 is 0.970 bits per heavy atom. The number of carbonyl (C=O) groups excluding carboxylic acids is 3. The second-order valence-electron chi connectivity index (χ2n) is 19.8. The lowest BCUT2D eigenvalue weighted by atomic mass is 9.80. The van der Waals surface area contributed by atoms with E-state index >= 15 is 0 Å². The maximum atomic E-state index is 13.2. The third-order valence-electron chi connectivity index (χ3n) is 14.8. The van der Waals surface area contributed by atoms with Crippen molar-refractivity contribution in [2.45, 2.75) is 109 Å². The minimum Gasteiger partial charge on any atom is -0.465 e. The van der Waals surface area contributed by atoms with Crippen LogP contribution in [0.3, 0.4) is 0 Å². The van der Waals surface area contributed by atoms with Gasteiger partial charge < -0.3 is 14.2 Å². The van der Waals surface area contributed by atoms with Gasteiger partial charge in [0.2, 0.25) is 0 Å². The molecule has 6 heteroatoms. The molecule has 6 aromatic rings. The molecule has 6 aromatic carbocycles. The molecule has 6 nitrogen and oxygen atoms in total. The molecule has 3 aliphatic carbocycles. The topological polar surface area (TPSA) is 78.9 Å². The van der Waals surface area contributed by atoms with Gasteiger partial charge in [-0.2, -0.15) is 0 Å². The van der Waals surface area contributed by atoms with E-state index in [-0.39, 0.29) is 42.5 Å². The molecule has 0 atom stereocenters. The Morgan fingerprint density at radius 1 is 0.403 bits per heavy atom. The lowest BCUT2D eigenvalue weighted by molar-refractivity contribution is -0.145. The van der Waals surface area contributed by atoms with Crippen LogP contribution in [0.1, 0.15) is 143 Å². The minimum absolute atomic E-state index is 0. The maximum absolute atomic E-state index is 13.2. The number of benzene rings is 6. The predicted molar refractivity (Wildman–Crippen MR) is 269 cm³/mol. The Balaban J connectivity index is 0.00000625. The molecule has 0 saturated heterocycles. The molecular weight excluding hydrogens is 829 g/mol. The second kappa shape index (κ2) is 21.1. The molecule has 0 radical (unpaired) electrons. The quantitative estimate of drug-likeness (QED) is 0.0499. The molecule has 9 rings (SSSR count). The molecule has 0 amide bonds. The molecule has 0 bridgehead atoms. The number of carbonyl (C=O) groups is 3. The first-order valence-corrected chi connectivity index (χ1v) is 24.8. The Bertz CT molecular complexity index is 2450. The van der Waals surface area contributed by atoms with Crippen molar-refractivity contribution in [3.8, 4) is 33.4 Å². The van der Waals surface area contributed by atoms with Crippen LogP contribution >= 0.6 is 0 Å². The maximum Gasteiger partial charge on any atom is 0.305 e. The molecule has 0 heterocycles. The molecule has 0 spiro atoms. The molecule has 0 aliphatic heterocycles. The van der Waals surface area contributed by atoms with Gasteiger partial charge >= 0.3 is 17.9 Å². The number of hydrogen-bond donors (Lipinski definition) is 0. The largest absolute Gasteiger partial charge is 0.465 e. The van der Waals surface area contributed by atoms with Crippen molar-refractivity contribution < 1.29 is 30.0 Å². The van der Waals surface area contributed by atoms with Crippen molar-refractivity contribution in [3.63, 3.8) is 0 Å². The first-order valence-electron chi connectivity index (χ1n) is 24.8. The summed E-state index contributed by atoms with van der Waals surface area (Å²) in [6.45, 7) is 5.64. The fraction of sp³-hybridized carbons (Fsp3) is 0.361. The second-order valence-corrected chi connectivity index (χ2v) is 19.8. The lowest BCUT2D eigenvalue weighted by Gasteiger charge is -2.26.